The number of fused-ring (bicyclic) bond motifs is 2. The molecular weight excluding hydrogens is 384 g/mol. The Balaban J connectivity index is 1.23. The van der Waals surface area contributed by atoms with Crippen LogP contribution in [0.25, 0.3) is 11.0 Å². The molecule has 2 aliphatic rings. The average Bonchev–Trinajstić information content (AvgIpc) is 3.23. The fraction of sp³-hybridized carbons (Fsp3) is 0.462. The SMILES string of the molecule is O=C(CCCc1ccccc1)Nc1ccc2[nH]cc(C3CCN4CCCCC4C3)c2n1. The van der Waals surface area contributed by atoms with Crippen LogP contribution in [0.3, 0.4) is 0 Å². The number of amides is 1. The predicted octanol–water partition coefficient (Wildman–Crippen LogP) is 5.26. The van der Waals surface area contributed by atoms with Crippen molar-refractivity contribution in [3.8, 4) is 0 Å². The number of hydrogen-bond donors (Lipinski definition) is 2. The molecule has 0 saturated carbocycles. The van der Waals surface area contributed by atoms with Crippen LogP contribution in [-0.2, 0) is 11.2 Å². The van der Waals surface area contributed by atoms with Crippen LogP contribution in [0.1, 0.15) is 62.0 Å². The number of aromatic amines is 1. The molecule has 0 bridgehead atoms. The van der Waals surface area contributed by atoms with Gasteiger partial charge in [0.1, 0.15) is 5.82 Å². The van der Waals surface area contributed by atoms with E-state index in [1.807, 2.05) is 30.3 Å². The Morgan fingerprint density at radius 3 is 2.90 bits per heavy atom. The van der Waals surface area contributed by atoms with Crippen LogP contribution in [0, 0.1) is 0 Å². The molecule has 2 fully saturated rings. The minimum Gasteiger partial charge on any atom is -0.360 e. The Bertz CT molecular complexity index is 1030. The normalized spacial score (nSPS) is 21.7. The van der Waals surface area contributed by atoms with Gasteiger partial charge in [-0.05, 0) is 80.8 Å². The molecule has 0 spiro atoms. The van der Waals surface area contributed by atoms with Crippen LogP contribution in [0.2, 0.25) is 0 Å². The molecule has 31 heavy (non-hydrogen) atoms. The molecule has 162 valence electrons. The third-order valence-corrected chi connectivity index (χ3v) is 7.04. The number of pyridine rings is 1. The largest absolute Gasteiger partial charge is 0.360 e. The molecule has 2 N–H and O–H groups in total. The van der Waals surface area contributed by atoms with Gasteiger partial charge in [-0.15, -0.1) is 0 Å². The third kappa shape index (κ3) is 4.67. The Morgan fingerprint density at radius 1 is 1.10 bits per heavy atom. The minimum absolute atomic E-state index is 0.0374. The molecule has 2 aliphatic heterocycles. The minimum atomic E-state index is 0.0374. The summed E-state index contributed by atoms with van der Waals surface area (Å²) in [5.74, 6) is 1.25. The highest BCUT2D eigenvalue weighted by molar-refractivity contribution is 5.91. The monoisotopic (exact) mass is 416 g/mol. The van der Waals surface area contributed by atoms with E-state index in [0.29, 0.717) is 18.2 Å². The van der Waals surface area contributed by atoms with Crippen LogP contribution in [0.4, 0.5) is 5.82 Å². The van der Waals surface area contributed by atoms with Gasteiger partial charge >= 0.3 is 0 Å². The number of H-pyrrole nitrogens is 1. The number of rotatable bonds is 6. The highest BCUT2D eigenvalue weighted by atomic mass is 16.1. The maximum Gasteiger partial charge on any atom is 0.225 e. The topological polar surface area (TPSA) is 61.0 Å². The van der Waals surface area contributed by atoms with Gasteiger partial charge in [0.25, 0.3) is 0 Å². The van der Waals surface area contributed by atoms with E-state index in [0.717, 1.165) is 29.9 Å². The standard InChI is InChI=1S/C26H32N4O/c31-25(11-6-9-19-7-2-1-3-8-19)28-24-13-12-23-26(29-24)22(18-27-23)20-14-16-30-15-5-4-10-21(30)17-20/h1-3,7-8,12-13,18,20-21,27H,4-6,9-11,14-17H2,(H,28,29,31). The summed E-state index contributed by atoms with van der Waals surface area (Å²) in [6, 6.07) is 15.0. The van der Waals surface area contributed by atoms with Gasteiger partial charge in [-0.1, -0.05) is 36.8 Å². The number of benzene rings is 1. The third-order valence-electron chi connectivity index (χ3n) is 7.04. The van der Waals surface area contributed by atoms with E-state index < -0.39 is 0 Å². The van der Waals surface area contributed by atoms with Crippen molar-refractivity contribution in [1.82, 2.24) is 14.9 Å². The predicted molar refractivity (Wildman–Crippen MR) is 125 cm³/mol. The highest BCUT2D eigenvalue weighted by Crippen LogP contribution is 2.38. The van der Waals surface area contributed by atoms with Crippen LogP contribution < -0.4 is 5.32 Å². The molecule has 0 radical (unpaired) electrons. The van der Waals surface area contributed by atoms with E-state index in [4.69, 9.17) is 4.98 Å². The number of nitrogens with one attached hydrogen (secondary N) is 2. The number of carbonyl (C=O) groups is 1. The van der Waals surface area contributed by atoms with Crippen molar-refractivity contribution in [3.05, 3.63) is 59.8 Å². The van der Waals surface area contributed by atoms with Gasteiger partial charge in [0.15, 0.2) is 0 Å². The summed E-state index contributed by atoms with van der Waals surface area (Å²) in [6.07, 6.45) is 10.9. The lowest BCUT2D eigenvalue weighted by molar-refractivity contribution is -0.116. The van der Waals surface area contributed by atoms with Crippen molar-refractivity contribution < 1.29 is 4.79 Å². The quantitative estimate of drug-likeness (QED) is 0.576. The van der Waals surface area contributed by atoms with Crippen molar-refractivity contribution in [2.75, 3.05) is 18.4 Å². The van der Waals surface area contributed by atoms with Crippen LogP contribution in [-0.4, -0.2) is 39.9 Å². The maximum atomic E-state index is 12.5. The van der Waals surface area contributed by atoms with E-state index in [1.165, 1.54) is 56.3 Å². The number of piperidine rings is 2. The van der Waals surface area contributed by atoms with Crippen LogP contribution in [0.15, 0.2) is 48.7 Å². The zero-order valence-electron chi connectivity index (χ0n) is 18.1. The van der Waals surface area contributed by atoms with E-state index in [1.54, 1.807) is 0 Å². The molecule has 2 atom stereocenters. The summed E-state index contributed by atoms with van der Waals surface area (Å²) < 4.78 is 0. The molecule has 1 aromatic carbocycles. The first kappa shape index (κ1) is 20.3. The van der Waals surface area contributed by atoms with Crippen molar-refractivity contribution in [3.63, 3.8) is 0 Å². The molecule has 2 unspecified atom stereocenters. The zero-order valence-corrected chi connectivity index (χ0v) is 18.1. The molecule has 2 saturated heterocycles. The summed E-state index contributed by atoms with van der Waals surface area (Å²) in [4.78, 5) is 23.4. The second-order valence-electron chi connectivity index (χ2n) is 9.13. The van der Waals surface area contributed by atoms with Crippen LogP contribution >= 0.6 is 0 Å². The first-order valence-electron chi connectivity index (χ1n) is 11.8. The lowest BCUT2D eigenvalue weighted by Crippen LogP contribution is -2.44. The molecule has 4 heterocycles. The second kappa shape index (κ2) is 9.23. The summed E-state index contributed by atoms with van der Waals surface area (Å²) >= 11 is 0. The molecule has 5 nitrogen and oxygen atoms in total. The van der Waals surface area contributed by atoms with Gasteiger partial charge < -0.3 is 15.2 Å². The van der Waals surface area contributed by atoms with Crippen molar-refractivity contribution >= 4 is 22.8 Å². The van der Waals surface area contributed by atoms with Gasteiger partial charge in [0, 0.05) is 18.7 Å². The average molecular weight is 417 g/mol. The van der Waals surface area contributed by atoms with Gasteiger partial charge in [0.2, 0.25) is 5.91 Å². The lowest BCUT2D eigenvalue weighted by atomic mass is 9.82. The number of nitrogens with zero attached hydrogens (tertiary/aromatic N) is 2. The fourth-order valence-electron chi connectivity index (χ4n) is 5.38. The second-order valence-corrected chi connectivity index (χ2v) is 9.13. The smallest absolute Gasteiger partial charge is 0.225 e. The maximum absolute atomic E-state index is 12.5. The van der Waals surface area contributed by atoms with E-state index in [2.05, 4.69) is 33.5 Å². The number of anilines is 1. The van der Waals surface area contributed by atoms with Gasteiger partial charge in [-0.2, -0.15) is 0 Å². The molecular formula is C26H32N4O. The van der Waals surface area contributed by atoms with Crippen LogP contribution in [0.5, 0.6) is 0 Å². The van der Waals surface area contributed by atoms with Gasteiger partial charge in [-0.3, -0.25) is 4.79 Å². The summed E-state index contributed by atoms with van der Waals surface area (Å²) in [6.45, 7) is 2.46. The van der Waals surface area contributed by atoms with Crippen molar-refractivity contribution in [2.24, 2.45) is 0 Å². The van der Waals surface area contributed by atoms with Gasteiger partial charge in [-0.25, -0.2) is 4.98 Å². The molecule has 1 amide bonds. The fourth-order valence-corrected chi connectivity index (χ4v) is 5.38. The molecule has 3 aromatic rings. The molecule has 2 aromatic heterocycles. The number of carbonyl (C=O) groups excluding carboxylic acids is 1. The van der Waals surface area contributed by atoms with E-state index in [9.17, 15) is 4.79 Å². The Hall–Kier alpha value is -2.66. The van der Waals surface area contributed by atoms with E-state index in [-0.39, 0.29) is 5.91 Å². The van der Waals surface area contributed by atoms with Crippen molar-refractivity contribution in [2.45, 2.75) is 63.3 Å². The van der Waals surface area contributed by atoms with E-state index >= 15 is 0 Å². The lowest BCUT2D eigenvalue weighted by Gasteiger charge is -2.42. The first-order chi connectivity index (χ1) is 15.3. The summed E-state index contributed by atoms with van der Waals surface area (Å²) in [7, 11) is 0. The highest BCUT2D eigenvalue weighted by Gasteiger charge is 2.32. The number of aromatic nitrogens is 2. The number of hydrogen-bond acceptors (Lipinski definition) is 3. The summed E-state index contributed by atoms with van der Waals surface area (Å²) in [5.41, 5.74) is 4.68. The Kier molecular flexibility index (Phi) is 6.03. The summed E-state index contributed by atoms with van der Waals surface area (Å²) in [5, 5.41) is 3.01. The molecule has 5 rings (SSSR count). The zero-order chi connectivity index (χ0) is 21.0. The first-order valence-corrected chi connectivity index (χ1v) is 11.8. The van der Waals surface area contributed by atoms with Crippen molar-refractivity contribution in [1.29, 1.82) is 0 Å². The Morgan fingerprint density at radius 2 is 2.00 bits per heavy atom. The molecule has 0 aliphatic carbocycles. The Labute approximate surface area is 184 Å². The number of aryl methyl sites for hydroxylation is 1. The van der Waals surface area contributed by atoms with Gasteiger partial charge in [0.05, 0.1) is 11.0 Å². The molecule has 5 heteroatoms.